The van der Waals surface area contributed by atoms with E-state index in [-0.39, 0.29) is 5.82 Å². The predicted molar refractivity (Wildman–Crippen MR) is 108 cm³/mol. The quantitative estimate of drug-likeness (QED) is 0.587. The number of piperidine rings is 1. The maximum atomic E-state index is 14.5. The Morgan fingerprint density at radius 2 is 1.78 bits per heavy atom. The summed E-state index contributed by atoms with van der Waals surface area (Å²) in [7, 11) is 0. The number of hydrogen-bond acceptors (Lipinski definition) is 2. The molecule has 0 spiro atoms. The second-order valence-electron chi connectivity index (χ2n) is 7.36. The first-order valence-corrected chi connectivity index (χ1v) is 9.79. The van der Waals surface area contributed by atoms with E-state index < -0.39 is 0 Å². The number of hydrogen-bond donors (Lipinski definition) is 0. The molecule has 1 aromatic heterocycles. The molecule has 0 radical (unpaired) electrons. The smallest absolute Gasteiger partial charge is 0.132 e. The van der Waals surface area contributed by atoms with Gasteiger partial charge in [-0.3, -0.25) is 4.90 Å². The predicted octanol–water partition coefficient (Wildman–Crippen LogP) is 5.56. The molecule has 1 fully saturated rings. The van der Waals surface area contributed by atoms with E-state index in [1.165, 1.54) is 18.9 Å². The highest BCUT2D eigenvalue weighted by atomic mass is 35.5. The van der Waals surface area contributed by atoms with Gasteiger partial charge in [0.15, 0.2) is 0 Å². The van der Waals surface area contributed by atoms with Crippen molar-refractivity contribution >= 4 is 11.6 Å². The second-order valence-corrected chi connectivity index (χ2v) is 7.80. The van der Waals surface area contributed by atoms with Gasteiger partial charge in [-0.1, -0.05) is 30.7 Å². The van der Waals surface area contributed by atoms with E-state index in [4.69, 9.17) is 16.7 Å². The van der Waals surface area contributed by atoms with E-state index in [2.05, 4.69) is 11.8 Å². The van der Waals surface area contributed by atoms with Crippen LogP contribution >= 0.6 is 11.6 Å². The molecule has 140 valence electrons. The molecule has 0 amide bonds. The molecule has 0 N–H and O–H groups in total. The van der Waals surface area contributed by atoms with Gasteiger partial charge in [0.25, 0.3) is 0 Å². The van der Waals surface area contributed by atoms with Crippen molar-refractivity contribution in [3.63, 3.8) is 0 Å². The number of halogens is 2. The highest BCUT2D eigenvalue weighted by Crippen LogP contribution is 2.28. The van der Waals surface area contributed by atoms with Crippen LogP contribution in [0.3, 0.4) is 0 Å². The minimum absolute atomic E-state index is 0.243. The molecule has 2 heterocycles. The summed E-state index contributed by atoms with van der Waals surface area (Å²) in [5, 5.41) is 5.41. The molecular weight excluding hydrogens is 361 g/mol. The third-order valence-electron chi connectivity index (χ3n) is 5.28. The molecule has 1 aliphatic rings. The molecule has 4 rings (SSSR count). The topological polar surface area (TPSA) is 21.1 Å². The molecule has 0 unspecified atom stereocenters. The maximum absolute atomic E-state index is 14.5. The Morgan fingerprint density at radius 3 is 2.48 bits per heavy atom. The van der Waals surface area contributed by atoms with Crippen LogP contribution in [0.2, 0.25) is 5.02 Å². The first-order valence-electron chi connectivity index (χ1n) is 9.42. The maximum Gasteiger partial charge on any atom is 0.132 e. The first-order chi connectivity index (χ1) is 13.1. The van der Waals surface area contributed by atoms with Crippen molar-refractivity contribution in [2.24, 2.45) is 5.92 Å². The normalized spacial score (nSPS) is 16.0. The summed E-state index contributed by atoms with van der Waals surface area (Å²) in [5.41, 5.74) is 3.22. The van der Waals surface area contributed by atoms with Gasteiger partial charge in [0.05, 0.1) is 5.69 Å². The minimum atomic E-state index is -0.243. The number of nitrogens with zero attached hydrogens (tertiary/aromatic N) is 3. The standard InChI is InChI=1S/C22H23ClFN3/c1-16-10-12-26(13-11-16)14-17-15-27(19-8-6-18(23)7-9-19)25-22(17)20-4-2-3-5-21(20)24/h2-9,15-16H,10-14H2,1H3. The van der Waals surface area contributed by atoms with Gasteiger partial charge in [0, 0.05) is 28.9 Å². The molecule has 5 heteroatoms. The highest BCUT2D eigenvalue weighted by Gasteiger charge is 2.20. The van der Waals surface area contributed by atoms with Gasteiger partial charge in [-0.25, -0.2) is 9.07 Å². The monoisotopic (exact) mass is 383 g/mol. The summed E-state index contributed by atoms with van der Waals surface area (Å²) in [6.45, 7) is 5.23. The van der Waals surface area contributed by atoms with Crippen LogP contribution in [0.5, 0.6) is 0 Å². The van der Waals surface area contributed by atoms with Crippen LogP contribution in [0.15, 0.2) is 54.7 Å². The number of rotatable bonds is 4. The van der Waals surface area contributed by atoms with E-state index in [0.29, 0.717) is 16.3 Å². The van der Waals surface area contributed by atoms with Crippen LogP contribution < -0.4 is 0 Å². The van der Waals surface area contributed by atoms with Crippen LogP contribution in [-0.2, 0) is 6.54 Å². The SMILES string of the molecule is CC1CCN(Cc2cn(-c3ccc(Cl)cc3)nc2-c2ccccc2F)CC1. The number of likely N-dealkylation sites (tertiary alicyclic amines) is 1. The molecule has 3 aromatic rings. The zero-order valence-corrected chi connectivity index (χ0v) is 16.2. The Bertz CT molecular complexity index is 912. The van der Waals surface area contributed by atoms with Crippen molar-refractivity contribution in [3.8, 4) is 16.9 Å². The van der Waals surface area contributed by atoms with Gasteiger partial charge >= 0.3 is 0 Å². The lowest BCUT2D eigenvalue weighted by molar-refractivity contribution is 0.185. The Hall–Kier alpha value is -2.17. The van der Waals surface area contributed by atoms with Gasteiger partial charge in [0.1, 0.15) is 11.5 Å². The third-order valence-corrected chi connectivity index (χ3v) is 5.53. The number of benzene rings is 2. The van der Waals surface area contributed by atoms with E-state index in [1.807, 2.05) is 41.2 Å². The average Bonchev–Trinajstić information content (AvgIpc) is 3.08. The lowest BCUT2D eigenvalue weighted by Crippen LogP contribution is -2.32. The zero-order chi connectivity index (χ0) is 18.8. The van der Waals surface area contributed by atoms with E-state index >= 15 is 0 Å². The third kappa shape index (κ3) is 4.07. The van der Waals surface area contributed by atoms with Gasteiger partial charge in [-0.05, 0) is 68.2 Å². The summed E-state index contributed by atoms with van der Waals surface area (Å²) in [5.74, 6) is 0.538. The van der Waals surface area contributed by atoms with Crippen molar-refractivity contribution in [3.05, 3.63) is 71.1 Å². The number of aromatic nitrogens is 2. The van der Waals surface area contributed by atoms with Crippen LogP contribution in [-0.4, -0.2) is 27.8 Å². The van der Waals surface area contributed by atoms with Crippen LogP contribution in [0, 0.1) is 11.7 Å². The van der Waals surface area contributed by atoms with Crippen LogP contribution in [0.1, 0.15) is 25.3 Å². The first kappa shape index (κ1) is 18.2. The Kier molecular flexibility index (Phi) is 5.28. The van der Waals surface area contributed by atoms with Gasteiger partial charge in [-0.15, -0.1) is 0 Å². The highest BCUT2D eigenvalue weighted by molar-refractivity contribution is 6.30. The largest absolute Gasteiger partial charge is 0.299 e. The fraction of sp³-hybridized carbons (Fsp3) is 0.318. The van der Waals surface area contributed by atoms with Crippen molar-refractivity contribution in [2.45, 2.75) is 26.3 Å². The molecule has 0 atom stereocenters. The molecule has 27 heavy (non-hydrogen) atoms. The van der Waals surface area contributed by atoms with Gasteiger partial charge in [0.2, 0.25) is 0 Å². The Morgan fingerprint density at radius 1 is 1.07 bits per heavy atom. The van der Waals surface area contributed by atoms with E-state index in [0.717, 1.165) is 36.8 Å². The molecule has 2 aromatic carbocycles. The van der Waals surface area contributed by atoms with Crippen molar-refractivity contribution in [2.75, 3.05) is 13.1 Å². The average molecular weight is 384 g/mol. The zero-order valence-electron chi connectivity index (χ0n) is 15.4. The lowest BCUT2D eigenvalue weighted by Gasteiger charge is -2.30. The molecule has 3 nitrogen and oxygen atoms in total. The molecule has 1 saturated heterocycles. The fourth-order valence-corrected chi connectivity index (χ4v) is 3.72. The van der Waals surface area contributed by atoms with E-state index in [1.54, 1.807) is 12.1 Å². The molecule has 0 saturated carbocycles. The Balaban J connectivity index is 1.71. The van der Waals surface area contributed by atoms with Gasteiger partial charge < -0.3 is 0 Å². The fourth-order valence-electron chi connectivity index (χ4n) is 3.59. The lowest BCUT2D eigenvalue weighted by atomic mass is 9.98. The molecular formula is C22H23ClFN3. The molecule has 0 bridgehead atoms. The second kappa shape index (κ2) is 7.83. The summed E-state index contributed by atoms with van der Waals surface area (Å²) >= 11 is 6.01. The summed E-state index contributed by atoms with van der Waals surface area (Å²) in [6.07, 6.45) is 4.43. The Labute approximate surface area is 164 Å². The van der Waals surface area contributed by atoms with Crippen LogP contribution in [0.25, 0.3) is 16.9 Å². The van der Waals surface area contributed by atoms with Gasteiger partial charge in [-0.2, -0.15) is 5.10 Å². The van der Waals surface area contributed by atoms with Crippen LogP contribution in [0.4, 0.5) is 4.39 Å². The minimum Gasteiger partial charge on any atom is -0.299 e. The van der Waals surface area contributed by atoms with E-state index in [9.17, 15) is 4.39 Å². The summed E-state index contributed by atoms with van der Waals surface area (Å²) < 4.78 is 16.3. The van der Waals surface area contributed by atoms with Crippen molar-refractivity contribution in [1.29, 1.82) is 0 Å². The summed E-state index contributed by atoms with van der Waals surface area (Å²) in [6, 6.07) is 14.4. The molecule has 1 aliphatic heterocycles. The summed E-state index contributed by atoms with van der Waals surface area (Å²) in [4.78, 5) is 2.44. The molecule has 0 aliphatic carbocycles. The van der Waals surface area contributed by atoms with Crippen molar-refractivity contribution in [1.82, 2.24) is 14.7 Å². The van der Waals surface area contributed by atoms with Crippen molar-refractivity contribution < 1.29 is 4.39 Å².